The molecule has 4 fully saturated rings. The summed E-state index contributed by atoms with van der Waals surface area (Å²) in [7, 11) is 5.66. The molecule has 3 aliphatic carbocycles. The Hall–Kier alpha value is -7.20. The molecule has 0 radical (unpaired) electrons. The largest absolute Gasteiger partial charge is 0.458 e. The topological polar surface area (TPSA) is 357 Å². The van der Waals surface area contributed by atoms with Crippen LogP contribution < -0.4 is 32.4 Å². The number of hydrogen-bond donors (Lipinski definition) is 5. The van der Waals surface area contributed by atoms with Crippen LogP contribution in [-0.2, 0) is 57.4 Å². The molecule has 560 valence electrons. The van der Waals surface area contributed by atoms with Gasteiger partial charge in [-0.3, -0.25) is 57.6 Å². The van der Waals surface area contributed by atoms with Gasteiger partial charge in [0.25, 0.3) is 11.8 Å². The average Bonchev–Trinajstić information content (AvgIpc) is 1.36. The van der Waals surface area contributed by atoms with Crippen LogP contribution in [0.1, 0.15) is 140 Å². The zero-order valence-electron chi connectivity index (χ0n) is 60.6. The van der Waals surface area contributed by atoms with Crippen LogP contribution >= 0.6 is 47.2 Å². The normalized spacial score (nSPS) is 25.9. The third-order valence-corrected chi connectivity index (χ3v) is 20.1. The summed E-state index contributed by atoms with van der Waals surface area (Å²) in [5.74, 6) is -13.0. The van der Waals surface area contributed by atoms with Crippen molar-refractivity contribution in [3.05, 3.63) is 44.6 Å². The number of aryl methyl sites for hydroxylation is 1. The molecular formula is C70H101Cl4N11O16. The van der Waals surface area contributed by atoms with Crippen molar-refractivity contribution in [2.24, 2.45) is 47.3 Å². The number of amides is 8. The molecule has 101 heavy (non-hydrogen) atoms. The molecule has 31 heteroatoms. The number of aromatic nitrogens is 1. The van der Waals surface area contributed by atoms with Gasteiger partial charge in [0.15, 0.2) is 22.9 Å². The maximum absolute atomic E-state index is 15.2. The molecule has 2 saturated heterocycles. The van der Waals surface area contributed by atoms with Crippen LogP contribution in [0.5, 0.6) is 0 Å². The van der Waals surface area contributed by atoms with E-state index < -0.39 is 196 Å². The number of benzene rings is 2. The van der Waals surface area contributed by atoms with Gasteiger partial charge >= 0.3 is 11.9 Å². The number of likely N-dealkylation sites (N-methyl/N-ethyl adjacent to an activating group) is 4. The summed E-state index contributed by atoms with van der Waals surface area (Å²) in [5, 5.41) is 10.8. The maximum Gasteiger partial charge on any atom is 0.329 e. The summed E-state index contributed by atoms with van der Waals surface area (Å²) in [5.41, 5.74) is 3.67. The number of nitrogens with one attached hydrogen (secondary N) is 4. The number of ether oxygens (including phenoxy) is 2. The Bertz CT molecular complexity index is 3590. The standard InChI is InChI=1S/C64H88N10O16.C6H12Cl3N.ClH/c1-27(2)44-53(78)35-19-17-21-37(35)61(84)71(13)25-40(75)73(15)50(29(5)6)63(86)88-33(11)46(59(82)67-44)69-57(80)39-24-23-31(9)55-48(39)66-49-42(43(65)52(77)32(10)56(49)90-55)58(81)70-47-34(12)89-64(87)51(30(7)8)74(16)41(76)26-72(14)62(85)38-22-18-20-36(38)54(79)45(28(3)4)68-60(47)83;7-1-4-10(5-2-8)6-3-9;/h23-24,27-30,33-38,44-47,50-51H,17-22,25-26,65H2,1-16H3,(H,67,82)(H,68,83)(H,69,80)(H,70,81);1-6H2;1H. The van der Waals surface area contributed by atoms with E-state index >= 15 is 9.59 Å². The van der Waals surface area contributed by atoms with Crippen LogP contribution in [0.3, 0.4) is 0 Å². The second-order valence-electron chi connectivity index (χ2n) is 28.2. The van der Waals surface area contributed by atoms with Gasteiger partial charge in [-0.05, 0) is 88.7 Å². The van der Waals surface area contributed by atoms with Crippen LogP contribution in [0.25, 0.3) is 22.6 Å². The first-order valence-corrected chi connectivity index (χ1v) is 35.8. The van der Waals surface area contributed by atoms with E-state index in [1.807, 2.05) is 0 Å². The minimum Gasteiger partial charge on any atom is -0.458 e. The van der Waals surface area contributed by atoms with Gasteiger partial charge in [0.1, 0.15) is 47.6 Å². The summed E-state index contributed by atoms with van der Waals surface area (Å²) in [4.78, 5) is 199. The molecule has 1 aromatic carbocycles. The third-order valence-electron chi connectivity index (χ3n) is 19.6. The average molecular weight is 1490 g/mol. The lowest BCUT2D eigenvalue weighted by atomic mass is 9.83. The molecule has 1 aromatic rings. The number of carbonyl (C=O) groups is 12. The number of carbonyl (C=O) groups excluding carboxylic acids is 12. The number of esters is 2. The number of halogens is 4. The fourth-order valence-corrected chi connectivity index (χ4v) is 14.6. The van der Waals surface area contributed by atoms with Gasteiger partial charge in [-0.15, -0.1) is 47.2 Å². The number of anilines is 1. The SMILES string of the molecule is Cc1c2oc3c(C)ccc(C(=O)NC4C(=O)NC(C(C)C)C(=O)C5CCCC5C(=O)N(C)CC(=O)N(C)C(C(C)C)C(=O)OC4C)c3nc-2c(C(=O)NC2C(=O)NC(C(C)C)C(=O)C3CCCC3C(=O)N(C)CC(=O)N(C)C(C(C)C)C(=O)OC2C)c(N)c1=O.Cl.ClCCN(CCCl)CCCl. The van der Waals surface area contributed by atoms with Crippen molar-refractivity contribution in [1.29, 1.82) is 0 Å². The van der Waals surface area contributed by atoms with Crippen LogP contribution in [0, 0.1) is 61.2 Å². The lowest BCUT2D eigenvalue weighted by Crippen LogP contribution is -2.59. The number of rotatable bonds is 14. The molecule has 0 aromatic heterocycles. The van der Waals surface area contributed by atoms with E-state index in [2.05, 4.69) is 26.2 Å². The van der Waals surface area contributed by atoms with Gasteiger partial charge in [0.05, 0.1) is 42.0 Å². The molecule has 12 atom stereocenters. The van der Waals surface area contributed by atoms with Gasteiger partial charge < -0.3 is 60.5 Å². The number of Topliss-reactive ketones (excluding diaryl/α,β-unsaturated/α-hetero) is 2. The van der Waals surface area contributed by atoms with Crippen molar-refractivity contribution in [3.8, 4) is 11.5 Å². The summed E-state index contributed by atoms with van der Waals surface area (Å²) in [6.07, 6.45) is -0.654. The Kier molecular flexibility index (Phi) is 30.8. The third kappa shape index (κ3) is 19.4. The molecule has 7 rings (SSSR count). The fourth-order valence-electron chi connectivity index (χ4n) is 13.9. The van der Waals surface area contributed by atoms with Gasteiger partial charge in [-0.1, -0.05) is 74.3 Å². The number of nitrogens with zero attached hydrogens (tertiary/aromatic N) is 6. The molecular weight excluding hydrogens is 1390 g/mol. The molecule has 0 bridgehead atoms. The van der Waals surface area contributed by atoms with E-state index in [0.29, 0.717) is 61.7 Å². The van der Waals surface area contributed by atoms with Crippen LogP contribution in [0.2, 0.25) is 0 Å². The van der Waals surface area contributed by atoms with Crippen LogP contribution in [0.4, 0.5) is 5.69 Å². The van der Waals surface area contributed by atoms with Crippen molar-refractivity contribution in [2.75, 3.05) is 84.3 Å². The zero-order valence-corrected chi connectivity index (χ0v) is 63.7. The second kappa shape index (κ2) is 36.8. The highest BCUT2D eigenvalue weighted by Crippen LogP contribution is 2.39. The molecule has 2 saturated carbocycles. The van der Waals surface area contributed by atoms with Crippen molar-refractivity contribution >= 4 is 135 Å². The maximum atomic E-state index is 15.2. The van der Waals surface area contributed by atoms with E-state index in [-0.39, 0.29) is 46.1 Å². The van der Waals surface area contributed by atoms with E-state index in [9.17, 15) is 52.7 Å². The molecule has 0 spiro atoms. The first-order valence-electron chi connectivity index (χ1n) is 34.2. The molecule has 8 amide bonds. The van der Waals surface area contributed by atoms with Crippen molar-refractivity contribution in [1.82, 2.24) is 50.8 Å². The van der Waals surface area contributed by atoms with Gasteiger partial charge in [0.2, 0.25) is 40.9 Å². The van der Waals surface area contributed by atoms with Gasteiger partial charge in [0, 0.05) is 94.7 Å². The van der Waals surface area contributed by atoms with E-state index in [1.165, 1.54) is 70.9 Å². The minimum absolute atomic E-state index is 0. The Labute approximate surface area is 611 Å². The molecule has 6 N–H and O–H groups in total. The minimum atomic E-state index is -1.86. The Morgan fingerprint density at radius 1 is 0.614 bits per heavy atom. The van der Waals surface area contributed by atoms with Gasteiger partial charge in [-0.25, -0.2) is 14.6 Å². The molecule has 6 aliphatic rings. The smallest absolute Gasteiger partial charge is 0.329 e. The monoisotopic (exact) mass is 1490 g/mol. The van der Waals surface area contributed by atoms with Gasteiger partial charge in [-0.2, -0.15) is 0 Å². The lowest BCUT2D eigenvalue weighted by Gasteiger charge is -2.35. The molecule has 27 nitrogen and oxygen atoms in total. The summed E-state index contributed by atoms with van der Waals surface area (Å²) in [6.45, 7) is 20.9. The van der Waals surface area contributed by atoms with Crippen LogP contribution in [0.15, 0.2) is 21.3 Å². The van der Waals surface area contributed by atoms with E-state index in [1.54, 1.807) is 62.3 Å². The highest BCUT2D eigenvalue weighted by molar-refractivity contribution is 6.19. The first kappa shape index (κ1) is 84.5. The van der Waals surface area contributed by atoms with Crippen molar-refractivity contribution in [2.45, 2.75) is 170 Å². The highest BCUT2D eigenvalue weighted by Gasteiger charge is 2.48. The van der Waals surface area contributed by atoms with Crippen LogP contribution in [-0.4, -0.2) is 227 Å². The summed E-state index contributed by atoms with van der Waals surface area (Å²) >= 11 is 16.6. The lowest BCUT2D eigenvalue weighted by molar-refractivity contribution is -0.163. The Morgan fingerprint density at radius 2 is 1.01 bits per heavy atom. The van der Waals surface area contributed by atoms with E-state index in [4.69, 9.17) is 59.4 Å². The fraction of sp³-hybridized carbons (Fsp3) is 0.657. The Balaban J connectivity index is 0.00000154. The second-order valence-corrected chi connectivity index (χ2v) is 29.3. The number of cyclic esters (lactones) is 2. The number of nitrogen functional groups attached to an aromatic ring is 1. The number of ketones is 2. The predicted octanol–water partition coefficient (Wildman–Crippen LogP) is 5.14. The van der Waals surface area contributed by atoms with Crippen molar-refractivity contribution < 1.29 is 71.4 Å². The van der Waals surface area contributed by atoms with Crippen molar-refractivity contribution in [3.63, 3.8) is 0 Å². The summed E-state index contributed by atoms with van der Waals surface area (Å²) in [6, 6.07) is -5.71. The number of hydrogen-bond acceptors (Lipinski definition) is 19. The highest BCUT2D eigenvalue weighted by atomic mass is 35.5. The predicted molar refractivity (Wildman–Crippen MR) is 384 cm³/mol. The molecule has 3 aliphatic heterocycles. The summed E-state index contributed by atoms with van der Waals surface area (Å²) < 4.78 is 18.3. The quantitative estimate of drug-likeness (QED) is 0.0603. The number of nitrogens with two attached hydrogens (primary N) is 1. The Morgan fingerprint density at radius 3 is 1.40 bits per heavy atom. The van der Waals surface area contributed by atoms with E-state index in [0.717, 1.165) is 29.4 Å². The number of alkyl halides is 3. The molecule has 12 unspecified atom stereocenters. The first-order chi connectivity index (χ1) is 46.9. The zero-order chi connectivity index (χ0) is 74.8. The molecule has 3 heterocycles. The number of fused-ring (bicyclic) bond motifs is 4.